The van der Waals surface area contributed by atoms with Crippen LogP contribution in [0.15, 0.2) is 53.6 Å². The number of hydrazone groups is 1. The summed E-state index contributed by atoms with van der Waals surface area (Å²) in [4.78, 5) is 24.9. The first-order valence-electron chi connectivity index (χ1n) is 10.2. The molecule has 0 aliphatic carbocycles. The number of carbonyl (C=O) groups excluding carboxylic acids is 2. The van der Waals surface area contributed by atoms with E-state index in [0.29, 0.717) is 17.9 Å². The van der Waals surface area contributed by atoms with E-state index in [1.165, 1.54) is 12.1 Å². The summed E-state index contributed by atoms with van der Waals surface area (Å²) < 4.78 is 42.2. The maximum absolute atomic E-state index is 13.0. The first-order chi connectivity index (χ1) is 15.3. The quantitative estimate of drug-likeness (QED) is 0.715. The predicted octanol–water partition coefficient (Wildman–Crippen LogP) is 2.51. The third kappa shape index (κ3) is 5.31. The van der Waals surface area contributed by atoms with Gasteiger partial charge in [-0.25, -0.2) is 17.8 Å². The molecule has 0 spiro atoms. The van der Waals surface area contributed by atoms with Gasteiger partial charge >= 0.3 is 0 Å². The molecular formula is C22H22FN3O5S. The fourth-order valence-corrected chi connectivity index (χ4v) is 5.29. The van der Waals surface area contributed by atoms with E-state index in [1.807, 2.05) is 0 Å². The molecule has 1 N–H and O–H groups in total. The molecule has 4 rings (SSSR count). The number of carbonyl (C=O) groups is 2. The van der Waals surface area contributed by atoms with Gasteiger partial charge in [0, 0.05) is 24.6 Å². The number of hydrogen-bond acceptors (Lipinski definition) is 6. The van der Waals surface area contributed by atoms with Gasteiger partial charge in [0.05, 0.1) is 17.5 Å². The zero-order chi connectivity index (χ0) is 22.7. The molecule has 1 fully saturated rings. The van der Waals surface area contributed by atoms with Gasteiger partial charge < -0.3 is 10.1 Å². The van der Waals surface area contributed by atoms with Crippen molar-refractivity contribution in [2.75, 3.05) is 16.8 Å². The first kappa shape index (κ1) is 21.9. The van der Waals surface area contributed by atoms with Crippen LogP contribution in [0.2, 0.25) is 0 Å². The highest BCUT2D eigenvalue weighted by Crippen LogP contribution is 2.23. The number of sulfone groups is 1. The van der Waals surface area contributed by atoms with Crippen molar-refractivity contribution in [3.05, 3.63) is 59.9 Å². The van der Waals surface area contributed by atoms with E-state index in [-0.39, 0.29) is 48.4 Å². The topological polar surface area (TPSA) is 105 Å². The van der Waals surface area contributed by atoms with Gasteiger partial charge in [-0.1, -0.05) is 18.2 Å². The summed E-state index contributed by atoms with van der Waals surface area (Å²) in [6, 6.07) is 12.2. The molecule has 0 radical (unpaired) electrons. The molecule has 2 aliphatic heterocycles. The van der Waals surface area contributed by atoms with E-state index in [1.54, 1.807) is 36.4 Å². The van der Waals surface area contributed by atoms with Crippen LogP contribution in [0.4, 0.5) is 10.1 Å². The normalized spacial score (nSPS) is 20.0. The molecule has 10 heteroatoms. The van der Waals surface area contributed by atoms with Gasteiger partial charge in [-0.3, -0.25) is 9.59 Å². The number of halogens is 1. The lowest BCUT2D eigenvalue weighted by Gasteiger charge is -2.27. The fourth-order valence-electron chi connectivity index (χ4n) is 3.60. The molecule has 32 heavy (non-hydrogen) atoms. The van der Waals surface area contributed by atoms with Crippen molar-refractivity contribution < 1.29 is 27.1 Å². The molecule has 2 heterocycles. The number of nitrogens with one attached hydrogen (secondary N) is 1. The van der Waals surface area contributed by atoms with Crippen molar-refractivity contribution >= 4 is 33.1 Å². The van der Waals surface area contributed by atoms with Crippen LogP contribution in [-0.2, 0) is 26.0 Å². The minimum atomic E-state index is -3.18. The van der Waals surface area contributed by atoms with E-state index in [0.717, 1.165) is 10.6 Å². The average molecular weight is 459 g/mol. The Bertz CT molecular complexity index is 1160. The van der Waals surface area contributed by atoms with Crippen LogP contribution in [0.1, 0.15) is 24.8 Å². The molecule has 168 valence electrons. The molecule has 1 unspecified atom stereocenters. The van der Waals surface area contributed by atoms with Gasteiger partial charge in [-0.2, -0.15) is 5.10 Å². The highest BCUT2D eigenvalue weighted by atomic mass is 32.2. The van der Waals surface area contributed by atoms with Crippen molar-refractivity contribution in [3.8, 4) is 5.75 Å². The zero-order valence-corrected chi connectivity index (χ0v) is 18.0. The number of amides is 2. The van der Waals surface area contributed by atoms with Crippen LogP contribution in [0.3, 0.4) is 0 Å². The highest BCUT2D eigenvalue weighted by molar-refractivity contribution is 7.91. The van der Waals surface area contributed by atoms with Gasteiger partial charge in [0.15, 0.2) is 9.84 Å². The molecule has 0 aromatic heterocycles. The Morgan fingerprint density at radius 1 is 1.19 bits per heavy atom. The monoisotopic (exact) mass is 459 g/mol. The Balaban J connectivity index is 1.40. The second-order valence-electron chi connectivity index (χ2n) is 7.74. The van der Waals surface area contributed by atoms with Crippen molar-refractivity contribution in [2.24, 2.45) is 5.10 Å². The smallest absolute Gasteiger partial charge is 0.271 e. The lowest BCUT2D eigenvalue weighted by atomic mass is 10.1. The lowest BCUT2D eigenvalue weighted by Crippen LogP contribution is -2.42. The van der Waals surface area contributed by atoms with E-state index >= 15 is 0 Å². The Morgan fingerprint density at radius 3 is 2.69 bits per heavy atom. The van der Waals surface area contributed by atoms with Gasteiger partial charge in [-0.15, -0.1) is 0 Å². The number of rotatable bonds is 6. The SMILES string of the molecule is O=C(Nc1cccc(OCc2ccc(F)cc2)c1)C1=NN(C2CCS(=O)(=O)C2)C(=O)CC1. The average Bonchev–Trinajstić information content (AvgIpc) is 3.13. The summed E-state index contributed by atoms with van der Waals surface area (Å²) in [5.74, 6) is -0.656. The maximum atomic E-state index is 13.0. The molecule has 0 saturated carbocycles. The van der Waals surface area contributed by atoms with Crippen molar-refractivity contribution in [1.82, 2.24) is 5.01 Å². The standard InChI is InChI=1S/C22H22FN3O5S/c23-16-6-4-15(5-7-16)13-31-19-3-1-2-17(12-19)24-22(28)20-8-9-21(27)26(25-20)18-10-11-32(29,30)14-18/h1-7,12,18H,8-11,13-14H2,(H,24,28). The third-order valence-electron chi connectivity index (χ3n) is 5.29. The molecule has 1 saturated heterocycles. The van der Waals surface area contributed by atoms with Crippen molar-refractivity contribution in [3.63, 3.8) is 0 Å². The predicted molar refractivity (Wildman–Crippen MR) is 116 cm³/mol. The van der Waals surface area contributed by atoms with Gasteiger partial charge in [-0.05, 0) is 36.2 Å². The molecule has 2 aliphatic rings. The Labute approximate surface area is 185 Å². The summed E-state index contributed by atoms with van der Waals surface area (Å²) >= 11 is 0. The van der Waals surface area contributed by atoms with Crippen molar-refractivity contribution in [2.45, 2.75) is 31.9 Å². The summed E-state index contributed by atoms with van der Waals surface area (Å²) in [7, 11) is -3.18. The minimum absolute atomic E-state index is 0.0171. The first-order valence-corrected chi connectivity index (χ1v) is 12.0. The van der Waals surface area contributed by atoms with Crippen LogP contribution < -0.4 is 10.1 Å². The molecule has 2 aromatic rings. The second kappa shape index (κ2) is 9.07. The van der Waals surface area contributed by atoms with Gasteiger partial charge in [0.1, 0.15) is 23.9 Å². The van der Waals surface area contributed by atoms with E-state index < -0.39 is 21.8 Å². The molecular weight excluding hydrogens is 437 g/mol. The molecule has 1 atom stereocenters. The van der Waals surface area contributed by atoms with Crippen molar-refractivity contribution in [1.29, 1.82) is 0 Å². The molecule has 8 nitrogen and oxygen atoms in total. The van der Waals surface area contributed by atoms with E-state index in [2.05, 4.69) is 10.4 Å². The molecule has 0 bridgehead atoms. The van der Waals surface area contributed by atoms with E-state index in [9.17, 15) is 22.4 Å². The Hall–Kier alpha value is -3.27. The second-order valence-corrected chi connectivity index (χ2v) is 9.97. The summed E-state index contributed by atoms with van der Waals surface area (Å²) in [6.07, 6.45) is 0.602. The number of anilines is 1. The number of hydrogen-bond donors (Lipinski definition) is 1. The fraction of sp³-hybridized carbons (Fsp3) is 0.318. The zero-order valence-electron chi connectivity index (χ0n) is 17.2. The lowest BCUT2D eigenvalue weighted by molar-refractivity contribution is -0.133. The van der Waals surface area contributed by atoms with Gasteiger partial charge in [0.25, 0.3) is 5.91 Å². The maximum Gasteiger partial charge on any atom is 0.271 e. The van der Waals surface area contributed by atoms with Crippen LogP contribution >= 0.6 is 0 Å². The van der Waals surface area contributed by atoms with Crippen LogP contribution in [0, 0.1) is 5.82 Å². The summed E-state index contributed by atoms with van der Waals surface area (Å²) in [6.45, 7) is 0.242. The summed E-state index contributed by atoms with van der Waals surface area (Å²) in [5.41, 5.74) is 1.46. The van der Waals surface area contributed by atoms with Gasteiger partial charge in [0.2, 0.25) is 5.91 Å². The van der Waals surface area contributed by atoms with Crippen LogP contribution in [0.5, 0.6) is 5.75 Å². The summed E-state index contributed by atoms with van der Waals surface area (Å²) in [5, 5.41) is 8.08. The molecule has 2 amide bonds. The Kier molecular flexibility index (Phi) is 6.22. The largest absolute Gasteiger partial charge is 0.489 e. The number of benzene rings is 2. The Morgan fingerprint density at radius 2 is 1.97 bits per heavy atom. The minimum Gasteiger partial charge on any atom is -0.489 e. The number of ether oxygens (including phenoxy) is 1. The number of nitrogens with zero attached hydrogens (tertiary/aromatic N) is 2. The highest BCUT2D eigenvalue weighted by Gasteiger charge is 2.37. The van der Waals surface area contributed by atoms with Crippen LogP contribution in [0.25, 0.3) is 0 Å². The van der Waals surface area contributed by atoms with Crippen LogP contribution in [-0.4, -0.2) is 48.5 Å². The molecule has 2 aromatic carbocycles. The van der Waals surface area contributed by atoms with E-state index in [4.69, 9.17) is 4.74 Å². The third-order valence-corrected chi connectivity index (χ3v) is 7.04.